The minimum Gasteiger partial charge on any atom is -0.317 e. The molecule has 1 aliphatic rings. The van der Waals surface area contributed by atoms with Crippen molar-refractivity contribution in [3.8, 4) is 0 Å². The van der Waals surface area contributed by atoms with Crippen LogP contribution in [0.3, 0.4) is 0 Å². The topological polar surface area (TPSA) is 44.4 Å². The van der Waals surface area contributed by atoms with Crippen molar-refractivity contribution in [1.29, 1.82) is 0 Å². The van der Waals surface area contributed by atoms with Crippen molar-refractivity contribution in [2.75, 3.05) is 23.3 Å². The fourth-order valence-electron chi connectivity index (χ4n) is 2.97. The third-order valence-electron chi connectivity index (χ3n) is 4.23. The van der Waals surface area contributed by atoms with E-state index in [4.69, 9.17) is 0 Å². The number of piperidine rings is 1. The lowest BCUT2D eigenvalue weighted by Gasteiger charge is -2.34. The molecule has 2 aromatic rings. The molecular weight excluding hydrogens is 286 g/mol. The van der Waals surface area contributed by atoms with E-state index < -0.39 is 0 Å². The van der Waals surface area contributed by atoms with Crippen LogP contribution in [0.5, 0.6) is 0 Å². The van der Waals surface area contributed by atoms with Gasteiger partial charge in [-0.05, 0) is 57.1 Å². The van der Waals surface area contributed by atoms with Crippen LogP contribution in [0.4, 0.5) is 16.2 Å². The Kier molecular flexibility index (Phi) is 4.93. The molecule has 1 heterocycles. The lowest BCUT2D eigenvalue weighted by Crippen LogP contribution is -2.48. The Morgan fingerprint density at radius 2 is 1.70 bits per heavy atom. The smallest absolute Gasteiger partial charge is 0.317 e. The average molecular weight is 309 g/mol. The number of carbonyl (C=O) groups is 1. The highest BCUT2D eigenvalue weighted by atomic mass is 16.2. The third kappa shape index (κ3) is 3.90. The highest BCUT2D eigenvalue weighted by Crippen LogP contribution is 2.23. The van der Waals surface area contributed by atoms with Crippen molar-refractivity contribution < 1.29 is 4.79 Å². The summed E-state index contributed by atoms with van der Waals surface area (Å²) in [5.41, 5.74) is 2.96. The van der Waals surface area contributed by atoms with Gasteiger partial charge in [0.25, 0.3) is 0 Å². The summed E-state index contributed by atoms with van der Waals surface area (Å²) >= 11 is 0. The van der Waals surface area contributed by atoms with Gasteiger partial charge in [0.1, 0.15) is 0 Å². The summed E-state index contributed by atoms with van der Waals surface area (Å²) in [6.45, 7) is 3.94. The van der Waals surface area contributed by atoms with Gasteiger partial charge in [0.15, 0.2) is 0 Å². The molecule has 120 valence electrons. The summed E-state index contributed by atoms with van der Waals surface area (Å²) in [5, 5.41) is 6.39. The maximum absolute atomic E-state index is 12.9. The number of anilines is 2. The van der Waals surface area contributed by atoms with Crippen LogP contribution >= 0.6 is 0 Å². The van der Waals surface area contributed by atoms with Gasteiger partial charge in [-0.3, -0.25) is 4.90 Å². The number of para-hydroxylation sites is 1. The zero-order valence-electron chi connectivity index (χ0n) is 13.5. The second kappa shape index (κ2) is 7.29. The number of amides is 2. The van der Waals surface area contributed by atoms with E-state index in [1.165, 1.54) is 5.56 Å². The molecule has 0 unspecified atom stereocenters. The van der Waals surface area contributed by atoms with Crippen molar-refractivity contribution in [1.82, 2.24) is 5.32 Å². The number of aryl methyl sites for hydroxylation is 1. The summed E-state index contributed by atoms with van der Waals surface area (Å²) in [7, 11) is 0. The Morgan fingerprint density at radius 3 is 2.35 bits per heavy atom. The Bertz CT molecular complexity index is 633. The molecule has 1 fully saturated rings. The van der Waals surface area contributed by atoms with E-state index in [9.17, 15) is 4.79 Å². The monoisotopic (exact) mass is 309 g/mol. The standard InChI is InChI=1S/C19H23N3O/c1-15-7-9-16(10-8-15)21-19(23)22(17-5-3-2-4-6-17)18-11-13-20-14-12-18/h2-10,18,20H,11-14H2,1H3,(H,21,23). The summed E-state index contributed by atoms with van der Waals surface area (Å²) < 4.78 is 0. The number of rotatable bonds is 3. The first-order valence-electron chi connectivity index (χ1n) is 8.17. The predicted octanol–water partition coefficient (Wildman–Crippen LogP) is 3.79. The molecule has 3 rings (SSSR count). The Labute approximate surface area is 137 Å². The van der Waals surface area contributed by atoms with E-state index in [-0.39, 0.29) is 12.1 Å². The molecule has 1 aliphatic heterocycles. The third-order valence-corrected chi connectivity index (χ3v) is 4.23. The summed E-state index contributed by atoms with van der Waals surface area (Å²) in [6, 6.07) is 18.0. The van der Waals surface area contributed by atoms with E-state index in [1.54, 1.807) is 0 Å². The quantitative estimate of drug-likeness (QED) is 0.906. The number of nitrogens with one attached hydrogen (secondary N) is 2. The van der Waals surface area contributed by atoms with Gasteiger partial charge in [-0.2, -0.15) is 0 Å². The van der Waals surface area contributed by atoms with E-state index >= 15 is 0 Å². The highest BCUT2D eigenvalue weighted by Gasteiger charge is 2.26. The molecule has 0 spiro atoms. The first-order valence-corrected chi connectivity index (χ1v) is 8.17. The summed E-state index contributed by atoms with van der Waals surface area (Å²) in [4.78, 5) is 14.8. The molecule has 0 radical (unpaired) electrons. The van der Waals surface area contributed by atoms with Crippen molar-refractivity contribution in [2.45, 2.75) is 25.8 Å². The fraction of sp³-hybridized carbons (Fsp3) is 0.316. The highest BCUT2D eigenvalue weighted by molar-refractivity contribution is 6.02. The van der Waals surface area contributed by atoms with Gasteiger partial charge in [0, 0.05) is 17.4 Å². The van der Waals surface area contributed by atoms with Gasteiger partial charge in [-0.1, -0.05) is 35.9 Å². The van der Waals surface area contributed by atoms with E-state index in [0.29, 0.717) is 0 Å². The normalized spacial score (nSPS) is 15.2. The van der Waals surface area contributed by atoms with Gasteiger partial charge < -0.3 is 10.6 Å². The molecular formula is C19H23N3O. The number of hydrogen-bond donors (Lipinski definition) is 2. The minimum absolute atomic E-state index is 0.0630. The molecule has 2 amide bonds. The molecule has 2 aromatic carbocycles. The Balaban J connectivity index is 1.82. The number of carbonyl (C=O) groups excluding carboxylic acids is 1. The van der Waals surface area contributed by atoms with Crippen molar-refractivity contribution in [3.63, 3.8) is 0 Å². The Morgan fingerprint density at radius 1 is 1.04 bits per heavy atom. The fourth-order valence-corrected chi connectivity index (χ4v) is 2.97. The lowest BCUT2D eigenvalue weighted by molar-refractivity contribution is 0.252. The van der Waals surface area contributed by atoms with Crippen LogP contribution in [0.15, 0.2) is 54.6 Å². The molecule has 0 bridgehead atoms. The zero-order valence-corrected chi connectivity index (χ0v) is 13.5. The summed E-state index contributed by atoms with van der Waals surface area (Å²) in [6.07, 6.45) is 1.94. The number of benzene rings is 2. The number of nitrogens with zero attached hydrogens (tertiary/aromatic N) is 1. The van der Waals surface area contributed by atoms with Crippen LogP contribution in [0.25, 0.3) is 0 Å². The molecule has 4 nitrogen and oxygen atoms in total. The van der Waals surface area contributed by atoms with Crippen LogP contribution in [0.2, 0.25) is 0 Å². The van der Waals surface area contributed by atoms with E-state index in [1.807, 2.05) is 66.4 Å². The second-order valence-electron chi connectivity index (χ2n) is 5.98. The first-order chi connectivity index (χ1) is 11.2. The number of hydrogen-bond acceptors (Lipinski definition) is 2. The van der Waals surface area contributed by atoms with E-state index in [2.05, 4.69) is 10.6 Å². The van der Waals surface area contributed by atoms with Crippen LogP contribution in [0.1, 0.15) is 18.4 Å². The molecule has 1 saturated heterocycles. The maximum Gasteiger partial charge on any atom is 0.326 e. The predicted molar refractivity (Wildman–Crippen MR) is 95.0 cm³/mol. The molecule has 0 saturated carbocycles. The average Bonchev–Trinajstić information content (AvgIpc) is 2.59. The Hall–Kier alpha value is -2.33. The molecule has 23 heavy (non-hydrogen) atoms. The molecule has 4 heteroatoms. The molecule has 0 aliphatic carbocycles. The molecule has 0 atom stereocenters. The maximum atomic E-state index is 12.9. The van der Waals surface area contributed by atoms with Crippen molar-refractivity contribution >= 4 is 17.4 Å². The van der Waals surface area contributed by atoms with Crippen molar-refractivity contribution in [2.24, 2.45) is 0 Å². The minimum atomic E-state index is -0.0630. The second-order valence-corrected chi connectivity index (χ2v) is 5.98. The zero-order chi connectivity index (χ0) is 16.1. The van der Waals surface area contributed by atoms with Crippen LogP contribution < -0.4 is 15.5 Å². The van der Waals surface area contributed by atoms with Gasteiger partial charge in [-0.15, -0.1) is 0 Å². The summed E-state index contributed by atoms with van der Waals surface area (Å²) in [5.74, 6) is 0. The van der Waals surface area contributed by atoms with Gasteiger partial charge in [0.05, 0.1) is 0 Å². The van der Waals surface area contributed by atoms with Gasteiger partial charge in [0.2, 0.25) is 0 Å². The lowest BCUT2D eigenvalue weighted by atomic mass is 10.0. The van der Waals surface area contributed by atoms with Gasteiger partial charge in [-0.25, -0.2) is 4.79 Å². The first kappa shape index (κ1) is 15.6. The number of urea groups is 1. The largest absolute Gasteiger partial charge is 0.326 e. The van der Waals surface area contributed by atoms with Crippen LogP contribution in [-0.4, -0.2) is 25.2 Å². The van der Waals surface area contributed by atoms with E-state index in [0.717, 1.165) is 37.3 Å². The van der Waals surface area contributed by atoms with Crippen LogP contribution in [-0.2, 0) is 0 Å². The SMILES string of the molecule is Cc1ccc(NC(=O)N(c2ccccc2)C2CCNCC2)cc1. The molecule has 0 aromatic heterocycles. The van der Waals surface area contributed by atoms with Crippen LogP contribution in [0, 0.1) is 6.92 Å². The van der Waals surface area contributed by atoms with Crippen molar-refractivity contribution in [3.05, 3.63) is 60.2 Å². The van der Waals surface area contributed by atoms with Gasteiger partial charge >= 0.3 is 6.03 Å². The molecule has 2 N–H and O–H groups in total.